The summed E-state index contributed by atoms with van der Waals surface area (Å²) in [5, 5.41) is 13.8. The van der Waals surface area contributed by atoms with Crippen molar-refractivity contribution in [3.8, 4) is 0 Å². The molecule has 2 aliphatic carbocycles. The standard InChI is InChI=1S/C15H20ClNO/c16-13-5-3-12(4-6-13)15(11-1-2-11)17-9-10-7-14(18)8-10/h3-6,10-11,14-15,17-18H,1-2,7-9H2. The molecule has 18 heavy (non-hydrogen) atoms. The molecule has 3 heteroatoms. The van der Waals surface area contributed by atoms with Crippen molar-refractivity contribution < 1.29 is 5.11 Å². The van der Waals surface area contributed by atoms with Gasteiger partial charge in [-0.15, -0.1) is 0 Å². The van der Waals surface area contributed by atoms with E-state index < -0.39 is 0 Å². The van der Waals surface area contributed by atoms with Crippen molar-refractivity contribution in [3.63, 3.8) is 0 Å². The normalized spacial score (nSPS) is 28.8. The SMILES string of the molecule is OC1CC(CNC(c2ccc(Cl)cc2)C2CC2)C1. The summed E-state index contributed by atoms with van der Waals surface area (Å²) < 4.78 is 0. The van der Waals surface area contributed by atoms with Crippen molar-refractivity contribution in [1.82, 2.24) is 5.32 Å². The Morgan fingerprint density at radius 3 is 2.44 bits per heavy atom. The molecule has 0 heterocycles. The molecule has 98 valence electrons. The molecular weight excluding hydrogens is 246 g/mol. The van der Waals surface area contributed by atoms with Crippen LogP contribution >= 0.6 is 11.6 Å². The van der Waals surface area contributed by atoms with E-state index in [1.165, 1.54) is 18.4 Å². The third kappa shape index (κ3) is 2.87. The molecule has 1 atom stereocenters. The Hall–Kier alpha value is -0.570. The zero-order valence-corrected chi connectivity index (χ0v) is 11.2. The topological polar surface area (TPSA) is 32.3 Å². The van der Waals surface area contributed by atoms with Gasteiger partial charge in [0.15, 0.2) is 0 Å². The van der Waals surface area contributed by atoms with Crippen LogP contribution in [0.5, 0.6) is 0 Å². The van der Waals surface area contributed by atoms with Gasteiger partial charge in [-0.05, 0) is 61.8 Å². The van der Waals surface area contributed by atoms with E-state index in [1.807, 2.05) is 12.1 Å². The van der Waals surface area contributed by atoms with Crippen LogP contribution < -0.4 is 5.32 Å². The van der Waals surface area contributed by atoms with Crippen molar-refractivity contribution in [2.75, 3.05) is 6.54 Å². The number of rotatable bonds is 5. The van der Waals surface area contributed by atoms with Gasteiger partial charge < -0.3 is 10.4 Å². The maximum atomic E-state index is 9.31. The monoisotopic (exact) mass is 265 g/mol. The Balaban J connectivity index is 1.59. The van der Waals surface area contributed by atoms with Crippen molar-refractivity contribution in [2.24, 2.45) is 11.8 Å². The summed E-state index contributed by atoms with van der Waals surface area (Å²) >= 11 is 5.94. The van der Waals surface area contributed by atoms with Crippen molar-refractivity contribution in [1.29, 1.82) is 0 Å². The molecule has 2 aliphatic rings. The summed E-state index contributed by atoms with van der Waals surface area (Å²) in [6.07, 6.45) is 4.53. The number of benzene rings is 1. The minimum absolute atomic E-state index is 0.0493. The first-order valence-corrected chi connectivity index (χ1v) is 7.27. The molecule has 0 aliphatic heterocycles. The molecule has 2 nitrogen and oxygen atoms in total. The summed E-state index contributed by atoms with van der Waals surface area (Å²) in [6, 6.07) is 8.68. The summed E-state index contributed by atoms with van der Waals surface area (Å²) in [5.74, 6) is 1.45. The molecule has 0 bridgehead atoms. The summed E-state index contributed by atoms with van der Waals surface area (Å²) in [4.78, 5) is 0. The van der Waals surface area contributed by atoms with Crippen LogP contribution in [0.4, 0.5) is 0 Å². The molecule has 2 N–H and O–H groups in total. The first kappa shape index (κ1) is 12.5. The summed E-state index contributed by atoms with van der Waals surface area (Å²) in [6.45, 7) is 1.03. The quantitative estimate of drug-likeness (QED) is 0.857. The summed E-state index contributed by atoms with van der Waals surface area (Å²) in [7, 11) is 0. The van der Waals surface area contributed by atoms with Gasteiger partial charge >= 0.3 is 0 Å². The Morgan fingerprint density at radius 2 is 1.89 bits per heavy atom. The molecular formula is C15H20ClNO. The molecule has 1 aromatic carbocycles. The minimum atomic E-state index is -0.0493. The van der Waals surface area contributed by atoms with Gasteiger partial charge in [-0.25, -0.2) is 0 Å². The Morgan fingerprint density at radius 1 is 1.22 bits per heavy atom. The van der Waals surface area contributed by atoms with E-state index in [2.05, 4.69) is 17.4 Å². The van der Waals surface area contributed by atoms with Crippen molar-refractivity contribution >= 4 is 11.6 Å². The number of hydrogen-bond donors (Lipinski definition) is 2. The van der Waals surface area contributed by atoms with Crippen LogP contribution in [-0.2, 0) is 0 Å². The van der Waals surface area contributed by atoms with Crippen LogP contribution in [0.15, 0.2) is 24.3 Å². The van der Waals surface area contributed by atoms with Crippen molar-refractivity contribution in [3.05, 3.63) is 34.9 Å². The Labute approximate surface area is 113 Å². The molecule has 2 fully saturated rings. The number of aliphatic hydroxyl groups is 1. The molecule has 0 saturated heterocycles. The third-order valence-corrected chi connectivity index (χ3v) is 4.41. The average molecular weight is 266 g/mol. The Kier molecular flexibility index (Phi) is 3.60. The van der Waals surface area contributed by atoms with Gasteiger partial charge in [0.1, 0.15) is 0 Å². The van der Waals surface area contributed by atoms with E-state index in [0.29, 0.717) is 12.0 Å². The zero-order chi connectivity index (χ0) is 12.5. The third-order valence-electron chi connectivity index (χ3n) is 4.16. The highest BCUT2D eigenvalue weighted by Crippen LogP contribution is 2.41. The molecule has 2 saturated carbocycles. The fourth-order valence-corrected chi connectivity index (χ4v) is 2.94. The van der Waals surface area contributed by atoms with E-state index >= 15 is 0 Å². The van der Waals surface area contributed by atoms with Crippen LogP contribution in [0.3, 0.4) is 0 Å². The first-order chi connectivity index (χ1) is 8.72. The lowest BCUT2D eigenvalue weighted by atomic mass is 9.82. The zero-order valence-electron chi connectivity index (χ0n) is 10.5. The van der Waals surface area contributed by atoms with E-state index in [-0.39, 0.29) is 6.10 Å². The molecule has 0 aromatic heterocycles. The predicted octanol–water partition coefficient (Wildman–Crippen LogP) is 3.15. The second kappa shape index (κ2) is 5.20. The molecule has 1 unspecified atom stereocenters. The molecule has 0 radical (unpaired) electrons. The highest BCUT2D eigenvalue weighted by atomic mass is 35.5. The highest BCUT2D eigenvalue weighted by Gasteiger charge is 2.34. The number of nitrogens with one attached hydrogen (secondary N) is 1. The first-order valence-electron chi connectivity index (χ1n) is 6.89. The fourth-order valence-electron chi connectivity index (χ4n) is 2.82. The second-order valence-electron chi connectivity index (χ2n) is 5.77. The van der Waals surface area contributed by atoms with E-state index in [9.17, 15) is 5.11 Å². The van der Waals surface area contributed by atoms with Gasteiger partial charge in [-0.2, -0.15) is 0 Å². The van der Waals surface area contributed by atoms with Crippen LogP contribution in [0.1, 0.15) is 37.3 Å². The van der Waals surface area contributed by atoms with Crippen LogP contribution in [-0.4, -0.2) is 17.8 Å². The van der Waals surface area contributed by atoms with Crippen molar-refractivity contribution in [2.45, 2.75) is 37.8 Å². The van der Waals surface area contributed by atoms with Gasteiger partial charge in [-0.1, -0.05) is 23.7 Å². The fraction of sp³-hybridized carbons (Fsp3) is 0.600. The number of hydrogen-bond acceptors (Lipinski definition) is 2. The van der Waals surface area contributed by atoms with Gasteiger partial charge in [0, 0.05) is 11.1 Å². The van der Waals surface area contributed by atoms with E-state index in [0.717, 1.165) is 30.3 Å². The van der Waals surface area contributed by atoms with E-state index in [1.54, 1.807) is 0 Å². The maximum Gasteiger partial charge on any atom is 0.0546 e. The number of aliphatic hydroxyl groups excluding tert-OH is 1. The highest BCUT2D eigenvalue weighted by molar-refractivity contribution is 6.30. The average Bonchev–Trinajstić information content (AvgIpc) is 3.13. The largest absolute Gasteiger partial charge is 0.393 e. The van der Waals surface area contributed by atoms with Gasteiger partial charge in [0.05, 0.1) is 6.10 Å². The van der Waals surface area contributed by atoms with E-state index in [4.69, 9.17) is 11.6 Å². The lowest BCUT2D eigenvalue weighted by Crippen LogP contribution is -2.38. The predicted molar refractivity (Wildman–Crippen MR) is 73.7 cm³/mol. The molecule has 0 spiro atoms. The number of halogens is 1. The Bertz CT molecular complexity index is 395. The minimum Gasteiger partial charge on any atom is -0.393 e. The van der Waals surface area contributed by atoms with Gasteiger partial charge in [-0.3, -0.25) is 0 Å². The smallest absolute Gasteiger partial charge is 0.0546 e. The van der Waals surface area contributed by atoms with Crippen LogP contribution in [0.25, 0.3) is 0 Å². The maximum absolute atomic E-state index is 9.31. The molecule has 1 aromatic rings. The second-order valence-corrected chi connectivity index (χ2v) is 6.20. The van der Waals surface area contributed by atoms with Gasteiger partial charge in [0.25, 0.3) is 0 Å². The lowest BCUT2D eigenvalue weighted by Gasteiger charge is -2.33. The summed E-state index contributed by atoms with van der Waals surface area (Å²) in [5.41, 5.74) is 1.35. The molecule has 3 rings (SSSR count). The molecule has 0 amide bonds. The van der Waals surface area contributed by atoms with Crippen LogP contribution in [0.2, 0.25) is 5.02 Å². The van der Waals surface area contributed by atoms with Gasteiger partial charge in [0.2, 0.25) is 0 Å². The lowest BCUT2D eigenvalue weighted by molar-refractivity contribution is 0.0415. The van der Waals surface area contributed by atoms with Crippen LogP contribution in [0, 0.1) is 11.8 Å².